The zero-order chi connectivity index (χ0) is 12.4. The minimum atomic E-state index is -1.65. The number of phenols is 1. The molecule has 0 radical (unpaired) electrons. The summed E-state index contributed by atoms with van der Waals surface area (Å²) in [5.74, 6) is -0.691. The number of fused-ring (bicyclic) bond motifs is 2. The average Bonchev–Trinajstić information content (AvgIpc) is 2.47. The van der Waals surface area contributed by atoms with Crippen LogP contribution in [-0.2, 0) is 9.53 Å². The number of ether oxygens (including phenoxy) is 1. The summed E-state index contributed by atoms with van der Waals surface area (Å²) in [4.78, 5) is 23.4. The van der Waals surface area contributed by atoms with Crippen molar-refractivity contribution < 1.29 is 19.4 Å². The molecule has 2 aliphatic rings. The molecule has 5 heteroatoms. The van der Waals surface area contributed by atoms with Gasteiger partial charge in [-0.2, -0.15) is 0 Å². The van der Waals surface area contributed by atoms with E-state index < -0.39 is 17.3 Å². The summed E-state index contributed by atoms with van der Waals surface area (Å²) in [6, 6.07) is 4.66. The van der Waals surface area contributed by atoms with E-state index in [-0.39, 0.29) is 16.9 Å². The van der Waals surface area contributed by atoms with Gasteiger partial charge in [-0.05, 0) is 6.07 Å². The number of phenolic OH excluding ortho intramolecular Hbond substituents is 1. The molecular formula is C12H9NO4. The fraction of sp³-hybridized carbons (Fsp3) is 0.167. The standard InChI is InChI=1S/C12H9NO4/c1-5(14)12(13)9-10(16)8-6(11(9)17-12)3-2-4-7(8)15/h2-4,15H,13H2,1H3/t12-/m1/s1. The molecule has 0 aromatic heterocycles. The van der Waals surface area contributed by atoms with E-state index in [2.05, 4.69) is 0 Å². The quantitative estimate of drug-likeness (QED) is 0.737. The minimum absolute atomic E-state index is 0.128. The molecule has 1 heterocycles. The van der Waals surface area contributed by atoms with Crippen molar-refractivity contribution in [2.75, 3.05) is 0 Å². The van der Waals surface area contributed by atoms with Gasteiger partial charge in [0.25, 0.3) is 5.72 Å². The van der Waals surface area contributed by atoms with Gasteiger partial charge in [0.2, 0.25) is 5.78 Å². The van der Waals surface area contributed by atoms with Crippen molar-refractivity contribution in [1.82, 2.24) is 0 Å². The largest absolute Gasteiger partial charge is 0.507 e. The van der Waals surface area contributed by atoms with Crippen molar-refractivity contribution in [3.8, 4) is 5.75 Å². The van der Waals surface area contributed by atoms with Gasteiger partial charge in [-0.15, -0.1) is 0 Å². The number of benzene rings is 1. The Bertz CT molecular complexity index is 617. The first kappa shape index (κ1) is 10.0. The third kappa shape index (κ3) is 0.969. The molecule has 3 rings (SSSR count). The first-order valence-corrected chi connectivity index (χ1v) is 5.07. The highest BCUT2D eigenvalue weighted by molar-refractivity contribution is 6.27. The van der Waals surface area contributed by atoms with Gasteiger partial charge in [0, 0.05) is 12.5 Å². The van der Waals surface area contributed by atoms with Gasteiger partial charge in [-0.1, -0.05) is 12.1 Å². The summed E-state index contributed by atoms with van der Waals surface area (Å²) in [6.07, 6.45) is 0. The molecule has 0 spiro atoms. The Kier molecular flexibility index (Phi) is 1.63. The molecule has 3 N–H and O–H groups in total. The average molecular weight is 231 g/mol. The van der Waals surface area contributed by atoms with E-state index in [0.29, 0.717) is 11.3 Å². The van der Waals surface area contributed by atoms with Crippen LogP contribution in [0.5, 0.6) is 5.75 Å². The van der Waals surface area contributed by atoms with Gasteiger partial charge in [0.15, 0.2) is 5.78 Å². The maximum atomic E-state index is 12.1. The van der Waals surface area contributed by atoms with Crippen LogP contribution in [0.3, 0.4) is 0 Å². The maximum Gasteiger partial charge on any atom is 0.251 e. The summed E-state index contributed by atoms with van der Waals surface area (Å²) in [6.45, 7) is 1.26. The second-order valence-electron chi connectivity index (χ2n) is 4.13. The van der Waals surface area contributed by atoms with Gasteiger partial charge in [0.1, 0.15) is 17.1 Å². The number of Topliss-reactive ketones (excluding diaryl/α,β-unsaturated/α-hetero) is 2. The summed E-state index contributed by atoms with van der Waals surface area (Å²) in [5, 5.41) is 9.65. The maximum absolute atomic E-state index is 12.1. The van der Waals surface area contributed by atoms with Crippen molar-refractivity contribution in [2.45, 2.75) is 12.6 Å². The lowest BCUT2D eigenvalue weighted by Gasteiger charge is -2.37. The highest BCUT2D eigenvalue weighted by atomic mass is 16.5. The number of ketones is 2. The van der Waals surface area contributed by atoms with Gasteiger partial charge < -0.3 is 9.84 Å². The molecule has 1 aromatic rings. The van der Waals surface area contributed by atoms with E-state index in [1.807, 2.05) is 0 Å². The second-order valence-corrected chi connectivity index (χ2v) is 4.13. The Morgan fingerprint density at radius 1 is 1.47 bits per heavy atom. The number of hydrogen-bond donors (Lipinski definition) is 2. The molecule has 0 amide bonds. The molecule has 0 saturated carbocycles. The highest BCUT2D eigenvalue weighted by Gasteiger charge is 2.57. The molecular weight excluding hydrogens is 222 g/mol. The van der Waals surface area contributed by atoms with Crippen LogP contribution < -0.4 is 5.73 Å². The smallest absolute Gasteiger partial charge is 0.251 e. The Morgan fingerprint density at radius 2 is 2.18 bits per heavy atom. The van der Waals surface area contributed by atoms with Crippen LogP contribution in [-0.4, -0.2) is 22.4 Å². The Morgan fingerprint density at radius 3 is 2.82 bits per heavy atom. The van der Waals surface area contributed by atoms with E-state index in [1.165, 1.54) is 13.0 Å². The Labute approximate surface area is 96.5 Å². The number of aromatic hydroxyl groups is 1. The fourth-order valence-corrected chi connectivity index (χ4v) is 2.19. The summed E-state index contributed by atoms with van der Waals surface area (Å²) in [7, 11) is 0. The van der Waals surface area contributed by atoms with Crippen LogP contribution in [0.15, 0.2) is 23.8 Å². The SMILES string of the molecule is CC(=O)[C@@]1(N)OC2=C1C(=O)c1c(O)cccc12. The first-order valence-electron chi connectivity index (χ1n) is 5.07. The van der Waals surface area contributed by atoms with Crippen LogP contribution in [0.2, 0.25) is 0 Å². The second kappa shape index (κ2) is 2.75. The van der Waals surface area contributed by atoms with E-state index in [9.17, 15) is 14.7 Å². The summed E-state index contributed by atoms with van der Waals surface area (Å²) < 4.78 is 5.24. The topological polar surface area (TPSA) is 89.6 Å². The third-order valence-electron chi connectivity index (χ3n) is 3.13. The minimum Gasteiger partial charge on any atom is -0.507 e. The Hall–Kier alpha value is -2.14. The van der Waals surface area contributed by atoms with Crippen LogP contribution in [0.1, 0.15) is 22.8 Å². The molecule has 17 heavy (non-hydrogen) atoms. The van der Waals surface area contributed by atoms with Crippen molar-refractivity contribution in [3.05, 3.63) is 34.9 Å². The van der Waals surface area contributed by atoms with Crippen molar-refractivity contribution in [2.24, 2.45) is 5.73 Å². The number of rotatable bonds is 1. The molecule has 0 fully saturated rings. The molecule has 0 bridgehead atoms. The third-order valence-corrected chi connectivity index (χ3v) is 3.13. The predicted octanol–water partition coefficient (Wildman–Crippen LogP) is 0.574. The number of carbonyl (C=O) groups is 2. The van der Waals surface area contributed by atoms with Crippen LogP contribution in [0.25, 0.3) is 5.76 Å². The highest BCUT2D eigenvalue weighted by Crippen LogP contribution is 2.50. The van der Waals surface area contributed by atoms with Crippen molar-refractivity contribution >= 4 is 17.3 Å². The molecule has 5 nitrogen and oxygen atoms in total. The molecule has 0 unspecified atom stereocenters. The molecule has 86 valence electrons. The van der Waals surface area contributed by atoms with Gasteiger partial charge in [0.05, 0.1) is 5.56 Å². The monoisotopic (exact) mass is 231 g/mol. The van der Waals surface area contributed by atoms with Gasteiger partial charge in [-0.25, -0.2) is 0 Å². The molecule has 1 aromatic carbocycles. The van der Waals surface area contributed by atoms with E-state index in [1.54, 1.807) is 12.1 Å². The van der Waals surface area contributed by atoms with Gasteiger partial charge in [-0.3, -0.25) is 15.3 Å². The lowest BCUT2D eigenvalue weighted by atomic mass is 9.92. The van der Waals surface area contributed by atoms with Crippen LogP contribution in [0.4, 0.5) is 0 Å². The summed E-state index contributed by atoms with van der Waals surface area (Å²) in [5.41, 5.74) is 4.86. The lowest BCUT2D eigenvalue weighted by Crippen LogP contribution is -2.57. The zero-order valence-corrected chi connectivity index (χ0v) is 8.98. The fourth-order valence-electron chi connectivity index (χ4n) is 2.19. The van der Waals surface area contributed by atoms with E-state index in [0.717, 1.165) is 0 Å². The molecule has 1 atom stereocenters. The predicted molar refractivity (Wildman–Crippen MR) is 58.0 cm³/mol. The van der Waals surface area contributed by atoms with Gasteiger partial charge >= 0.3 is 0 Å². The zero-order valence-electron chi connectivity index (χ0n) is 8.98. The van der Waals surface area contributed by atoms with E-state index >= 15 is 0 Å². The van der Waals surface area contributed by atoms with E-state index in [4.69, 9.17) is 10.5 Å². The normalized spacial score (nSPS) is 24.9. The first-order chi connectivity index (χ1) is 7.97. The molecule has 1 aliphatic carbocycles. The van der Waals surface area contributed by atoms with Crippen LogP contribution in [0, 0.1) is 0 Å². The molecule has 1 aliphatic heterocycles. The molecule has 0 saturated heterocycles. The summed E-state index contributed by atoms with van der Waals surface area (Å²) >= 11 is 0. The van der Waals surface area contributed by atoms with Crippen molar-refractivity contribution in [3.63, 3.8) is 0 Å². The lowest BCUT2D eigenvalue weighted by molar-refractivity contribution is -0.133. The number of nitrogens with two attached hydrogens (primary N) is 1. The van der Waals surface area contributed by atoms with Crippen molar-refractivity contribution in [1.29, 1.82) is 0 Å². The number of carbonyl (C=O) groups excluding carboxylic acids is 2. The van der Waals surface area contributed by atoms with Crippen LogP contribution >= 0.6 is 0 Å². The Balaban J connectivity index is 2.21. The number of hydrogen-bond acceptors (Lipinski definition) is 5.